The minimum Gasteiger partial charge on any atom is -0.384 e. The third-order valence-corrected chi connectivity index (χ3v) is 5.65. The fraction of sp³-hybridized carbons (Fsp3) is 0.318. The van der Waals surface area contributed by atoms with E-state index in [1.54, 1.807) is 41.7 Å². The number of thiazole rings is 1. The predicted molar refractivity (Wildman–Crippen MR) is 120 cm³/mol. The zero-order chi connectivity index (χ0) is 22.8. The Morgan fingerprint density at radius 2 is 2.12 bits per heavy atom. The molecule has 3 aromatic rings. The van der Waals surface area contributed by atoms with Crippen molar-refractivity contribution in [3.8, 4) is 6.07 Å². The summed E-state index contributed by atoms with van der Waals surface area (Å²) in [6, 6.07) is 9.09. The van der Waals surface area contributed by atoms with Gasteiger partial charge < -0.3 is 14.6 Å². The van der Waals surface area contributed by atoms with Crippen LogP contribution >= 0.6 is 11.3 Å². The molecule has 0 unspecified atom stereocenters. The summed E-state index contributed by atoms with van der Waals surface area (Å²) in [5.41, 5.74) is 1.41. The van der Waals surface area contributed by atoms with E-state index in [1.807, 2.05) is 10.8 Å². The van der Waals surface area contributed by atoms with Gasteiger partial charge in [0.05, 0.1) is 43.7 Å². The zero-order valence-corrected chi connectivity index (χ0v) is 18.5. The molecule has 0 saturated heterocycles. The van der Waals surface area contributed by atoms with Gasteiger partial charge in [-0.2, -0.15) is 5.26 Å². The molecule has 166 valence electrons. The fourth-order valence-corrected chi connectivity index (χ4v) is 3.77. The molecule has 0 aliphatic heterocycles. The van der Waals surface area contributed by atoms with Gasteiger partial charge in [-0.15, -0.1) is 0 Å². The monoisotopic (exact) mass is 452 g/mol. The van der Waals surface area contributed by atoms with Crippen molar-refractivity contribution in [1.82, 2.24) is 19.9 Å². The van der Waals surface area contributed by atoms with Crippen molar-refractivity contribution in [3.63, 3.8) is 0 Å². The summed E-state index contributed by atoms with van der Waals surface area (Å²) in [6.07, 6.45) is 7.78. The van der Waals surface area contributed by atoms with Gasteiger partial charge in [0.1, 0.15) is 4.88 Å². The van der Waals surface area contributed by atoms with Gasteiger partial charge in [0.15, 0.2) is 5.13 Å². The largest absolute Gasteiger partial charge is 0.384 e. The van der Waals surface area contributed by atoms with Gasteiger partial charge in [-0.1, -0.05) is 23.5 Å². The molecule has 10 heteroatoms. The maximum absolute atomic E-state index is 12.8. The first-order chi connectivity index (χ1) is 15.6. The molecule has 2 heterocycles. The van der Waals surface area contributed by atoms with Gasteiger partial charge in [0.25, 0.3) is 5.91 Å². The number of anilines is 1. The summed E-state index contributed by atoms with van der Waals surface area (Å²) < 4.78 is 6.98. The maximum atomic E-state index is 12.8. The van der Waals surface area contributed by atoms with Crippen LogP contribution < -0.4 is 10.2 Å². The Labute approximate surface area is 190 Å². The Balaban J connectivity index is 1.64. The molecule has 3 rings (SSSR count). The van der Waals surface area contributed by atoms with Crippen molar-refractivity contribution in [3.05, 3.63) is 65.2 Å². The number of hydrogen-bond donors (Lipinski definition) is 1. The number of aryl methyl sites for hydroxylation is 1. The number of carbonyl (C=O) groups excluding carboxylic acids is 2. The van der Waals surface area contributed by atoms with Crippen molar-refractivity contribution in [2.45, 2.75) is 25.9 Å². The Morgan fingerprint density at radius 1 is 1.31 bits per heavy atom. The highest BCUT2D eigenvalue weighted by molar-refractivity contribution is 7.17. The molecule has 0 spiro atoms. The van der Waals surface area contributed by atoms with Crippen LogP contribution in [-0.4, -0.2) is 46.6 Å². The van der Waals surface area contributed by atoms with Crippen molar-refractivity contribution in [1.29, 1.82) is 5.26 Å². The molecule has 1 aromatic carbocycles. The van der Waals surface area contributed by atoms with Crippen LogP contribution in [0.2, 0.25) is 0 Å². The van der Waals surface area contributed by atoms with Gasteiger partial charge >= 0.3 is 0 Å². The lowest BCUT2D eigenvalue weighted by atomic mass is 10.1. The SMILES string of the molecule is COCCC(=O)N(Cc1ccc(C#N)cc1)c1ncc(C(=O)NCCCn2ccnc2)s1. The molecule has 9 nitrogen and oxygen atoms in total. The van der Waals surface area contributed by atoms with Gasteiger partial charge in [-0.05, 0) is 24.1 Å². The Kier molecular flexibility index (Phi) is 8.48. The van der Waals surface area contributed by atoms with Crippen LogP contribution in [0, 0.1) is 11.3 Å². The molecule has 32 heavy (non-hydrogen) atoms. The normalized spacial score (nSPS) is 10.5. The number of carbonyl (C=O) groups is 2. The molecule has 2 aromatic heterocycles. The van der Waals surface area contributed by atoms with Gasteiger partial charge in [-0.3, -0.25) is 14.5 Å². The molecule has 2 amide bonds. The average molecular weight is 453 g/mol. The van der Waals surface area contributed by atoms with E-state index in [-0.39, 0.29) is 24.8 Å². The first-order valence-corrected chi connectivity index (χ1v) is 10.9. The van der Waals surface area contributed by atoms with Gasteiger partial charge in [0, 0.05) is 32.6 Å². The van der Waals surface area contributed by atoms with E-state index in [4.69, 9.17) is 10.00 Å². The number of amides is 2. The molecule has 1 N–H and O–H groups in total. The molecule has 0 fully saturated rings. The summed E-state index contributed by atoms with van der Waals surface area (Å²) in [7, 11) is 1.54. The second-order valence-corrected chi connectivity index (χ2v) is 7.96. The van der Waals surface area contributed by atoms with Crippen LogP contribution in [0.25, 0.3) is 0 Å². The Bertz CT molecular complexity index is 1060. The van der Waals surface area contributed by atoms with Crippen molar-refractivity contribution >= 4 is 28.3 Å². The van der Waals surface area contributed by atoms with E-state index in [0.717, 1.165) is 18.5 Å². The van der Waals surface area contributed by atoms with Crippen LogP contribution in [0.1, 0.15) is 33.6 Å². The second-order valence-electron chi connectivity index (χ2n) is 6.95. The van der Waals surface area contributed by atoms with E-state index in [1.165, 1.54) is 24.6 Å². The number of ether oxygens (including phenoxy) is 1. The zero-order valence-electron chi connectivity index (χ0n) is 17.7. The van der Waals surface area contributed by atoms with E-state index in [0.29, 0.717) is 28.7 Å². The minimum atomic E-state index is -0.220. The number of rotatable bonds is 11. The maximum Gasteiger partial charge on any atom is 0.263 e. The molecule has 0 atom stereocenters. The summed E-state index contributed by atoms with van der Waals surface area (Å²) in [6.45, 7) is 1.86. The van der Waals surface area contributed by atoms with Crippen molar-refractivity contribution in [2.24, 2.45) is 0 Å². The Hall–Kier alpha value is -3.55. The predicted octanol–water partition coefficient (Wildman–Crippen LogP) is 2.60. The number of nitrogens with one attached hydrogen (secondary N) is 1. The molecular formula is C22H24N6O3S. The number of imidazole rings is 1. The van der Waals surface area contributed by atoms with Crippen LogP contribution in [0.3, 0.4) is 0 Å². The summed E-state index contributed by atoms with van der Waals surface area (Å²) in [5.74, 6) is -0.375. The molecule has 0 aliphatic rings. The van der Waals surface area contributed by atoms with E-state index in [2.05, 4.69) is 21.4 Å². The lowest BCUT2D eigenvalue weighted by Crippen LogP contribution is -2.31. The Morgan fingerprint density at radius 3 is 2.81 bits per heavy atom. The van der Waals surface area contributed by atoms with E-state index >= 15 is 0 Å². The molecule has 0 radical (unpaired) electrons. The first-order valence-electron chi connectivity index (χ1n) is 10.1. The topological polar surface area (TPSA) is 113 Å². The van der Waals surface area contributed by atoms with Crippen LogP contribution in [0.5, 0.6) is 0 Å². The smallest absolute Gasteiger partial charge is 0.263 e. The standard InChI is InChI=1S/C22H24N6O3S/c1-31-12-7-20(29)28(15-18-5-3-17(13-23)4-6-18)22-26-14-19(32-22)21(30)25-8-2-10-27-11-9-24-16-27/h3-6,9,11,14,16H,2,7-8,10,12,15H2,1H3,(H,25,30). The molecular weight excluding hydrogens is 428 g/mol. The third-order valence-electron chi connectivity index (χ3n) is 4.63. The van der Waals surface area contributed by atoms with E-state index < -0.39 is 0 Å². The van der Waals surface area contributed by atoms with E-state index in [9.17, 15) is 9.59 Å². The van der Waals surface area contributed by atoms with Crippen LogP contribution in [0.15, 0.2) is 49.2 Å². The number of aromatic nitrogens is 3. The third kappa shape index (κ3) is 6.47. The summed E-state index contributed by atoms with van der Waals surface area (Å²) in [4.78, 5) is 35.6. The van der Waals surface area contributed by atoms with Crippen molar-refractivity contribution in [2.75, 3.05) is 25.2 Å². The van der Waals surface area contributed by atoms with Gasteiger partial charge in [0.2, 0.25) is 5.91 Å². The number of nitriles is 1. The highest BCUT2D eigenvalue weighted by Crippen LogP contribution is 2.25. The second kappa shape index (κ2) is 11.7. The highest BCUT2D eigenvalue weighted by atomic mass is 32.1. The van der Waals surface area contributed by atoms with Crippen LogP contribution in [-0.2, 0) is 22.6 Å². The van der Waals surface area contributed by atoms with Crippen LogP contribution in [0.4, 0.5) is 5.13 Å². The van der Waals surface area contributed by atoms with Gasteiger partial charge in [-0.25, -0.2) is 9.97 Å². The van der Waals surface area contributed by atoms with Crippen molar-refractivity contribution < 1.29 is 14.3 Å². The quantitative estimate of drug-likeness (QED) is 0.448. The average Bonchev–Trinajstić information content (AvgIpc) is 3.51. The fourth-order valence-electron chi connectivity index (χ4n) is 2.92. The minimum absolute atomic E-state index is 0.155. The lowest BCUT2D eigenvalue weighted by molar-refractivity contribution is -0.119. The number of hydrogen-bond acceptors (Lipinski definition) is 7. The number of nitrogens with zero attached hydrogens (tertiary/aromatic N) is 5. The summed E-state index contributed by atoms with van der Waals surface area (Å²) in [5, 5.41) is 12.3. The number of methoxy groups -OCH3 is 1. The first kappa shape index (κ1) is 23.1. The molecule has 0 saturated carbocycles. The highest BCUT2D eigenvalue weighted by Gasteiger charge is 2.21. The summed E-state index contributed by atoms with van der Waals surface area (Å²) >= 11 is 1.17. The number of benzene rings is 1. The molecule has 0 aliphatic carbocycles. The lowest BCUT2D eigenvalue weighted by Gasteiger charge is -2.20. The molecule has 0 bridgehead atoms.